The summed E-state index contributed by atoms with van der Waals surface area (Å²) in [6, 6.07) is 4.50. The summed E-state index contributed by atoms with van der Waals surface area (Å²) in [4.78, 5) is 0. The van der Waals surface area contributed by atoms with Crippen molar-refractivity contribution in [3.8, 4) is 0 Å². The van der Waals surface area contributed by atoms with Crippen molar-refractivity contribution in [2.24, 2.45) is 11.7 Å². The summed E-state index contributed by atoms with van der Waals surface area (Å²) in [5.74, 6) is 0.300. The minimum Gasteiger partial charge on any atom is -0.377 e. The van der Waals surface area contributed by atoms with E-state index in [1.165, 1.54) is 12.5 Å². The molecule has 1 aliphatic rings. The van der Waals surface area contributed by atoms with Gasteiger partial charge in [0.25, 0.3) is 0 Å². The zero-order valence-electron chi connectivity index (χ0n) is 12.2. The van der Waals surface area contributed by atoms with Gasteiger partial charge in [0.1, 0.15) is 5.82 Å². The molecule has 2 N–H and O–H groups in total. The topological polar surface area (TPSA) is 35.2 Å². The van der Waals surface area contributed by atoms with Crippen LogP contribution in [0.25, 0.3) is 0 Å². The Morgan fingerprint density at radius 1 is 1.55 bits per heavy atom. The molecule has 1 saturated carbocycles. The highest BCUT2D eigenvalue weighted by Gasteiger charge is 2.40. The Morgan fingerprint density at radius 3 is 2.90 bits per heavy atom. The first-order valence-corrected chi connectivity index (χ1v) is 7.60. The highest BCUT2D eigenvalue weighted by molar-refractivity contribution is 6.31. The quantitative estimate of drug-likeness (QED) is 0.914. The van der Waals surface area contributed by atoms with E-state index in [4.69, 9.17) is 22.1 Å². The average molecular weight is 300 g/mol. The standard InChI is InChI=1S/C16H23ClFNO/c1-11-5-4-8-16(10-11,20-2)15(19)9-12-13(17)6-3-7-14(12)18/h3,6-7,11,15H,4-5,8-10,19H2,1-2H3. The van der Waals surface area contributed by atoms with E-state index in [2.05, 4.69) is 6.92 Å². The number of rotatable bonds is 4. The molecule has 3 unspecified atom stereocenters. The second-order valence-corrected chi connectivity index (χ2v) is 6.39. The van der Waals surface area contributed by atoms with E-state index in [0.29, 0.717) is 22.9 Å². The third-order valence-electron chi connectivity index (χ3n) is 4.56. The molecule has 1 aromatic carbocycles. The molecule has 20 heavy (non-hydrogen) atoms. The fourth-order valence-corrected chi connectivity index (χ4v) is 3.59. The van der Waals surface area contributed by atoms with Crippen LogP contribution in [-0.2, 0) is 11.2 Å². The predicted molar refractivity (Wildman–Crippen MR) is 80.5 cm³/mol. The Labute approximate surface area is 125 Å². The maximum Gasteiger partial charge on any atom is 0.127 e. The van der Waals surface area contributed by atoms with E-state index >= 15 is 0 Å². The maximum atomic E-state index is 13.9. The summed E-state index contributed by atoms with van der Waals surface area (Å²) in [5, 5.41) is 0.440. The molecule has 0 heterocycles. The molecule has 112 valence electrons. The van der Waals surface area contributed by atoms with Gasteiger partial charge in [-0.1, -0.05) is 37.4 Å². The summed E-state index contributed by atoms with van der Waals surface area (Å²) in [6.07, 6.45) is 4.58. The fourth-order valence-electron chi connectivity index (χ4n) is 3.35. The molecule has 0 spiro atoms. The molecule has 1 aromatic rings. The lowest BCUT2D eigenvalue weighted by Gasteiger charge is -2.43. The van der Waals surface area contributed by atoms with Crippen LogP contribution in [0.4, 0.5) is 4.39 Å². The van der Waals surface area contributed by atoms with Gasteiger partial charge < -0.3 is 10.5 Å². The van der Waals surface area contributed by atoms with E-state index in [1.807, 2.05) is 0 Å². The first-order valence-electron chi connectivity index (χ1n) is 7.22. The van der Waals surface area contributed by atoms with Gasteiger partial charge in [-0.25, -0.2) is 4.39 Å². The second kappa shape index (κ2) is 6.42. The third-order valence-corrected chi connectivity index (χ3v) is 4.91. The van der Waals surface area contributed by atoms with Crippen molar-refractivity contribution >= 4 is 11.6 Å². The van der Waals surface area contributed by atoms with Crippen molar-refractivity contribution < 1.29 is 9.13 Å². The minimum absolute atomic E-state index is 0.246. The van der Waals surface area contributed by atoms with Crippen LogP contribution in [0.3, 0.4) is 0 Å². The fraction of sp³-hybridized carbons (Fsp3) is 0.625. The van der Waals surface area contributed by atoms with Crippen molar-refractivity contribution in [3.63, 3.8) is 0 Å². The SMILES string of the molecule is COC1(C(N)Cc2c(F)cccc2Cl)CCCC(C)C1. The van der Waals surface area contributed by atoms with Crippen LogP contribution in [0.15, 0.2) is 18.2 Å². The van der Waals surface area contributed by atoms with Crippen molar-refractivity contribution in [2.75, 3.05) is 7.11 Å². The Balaban J connectivity index is 2.19. The Kier molecular flexibility index (Phi) is 5.05. The predicted octanol–water partition coefficient (Wildman–Crippen LogP) is 3.94. The van der Waals surface area contributed by atoms with Gasteiger partial charge in [0, 0.05) is 23.7 Å². The summed E-state index contributed by atoms with van der Waals surface area (Å²) >= 11 is 6.09. The summed E-state index contributed by atoms with van der Waals surface area (Å²) in [5.41, 5.74) is 6.51. The van der Waals surface area contributed by atoms with Gasteiger partial charge in [-0.2, -0.15) is 0 Å². The number of hydrogen-bond donors (Lipinski definition) is 1. The van der Waals surface area contributed by atoms with E-state index < -0.39 is 0 Å². The van der Waals surface area contributed by atoms with Gasteiger partial charge in [0.15, 0.2) is 0 Å². The van der Waals surface area contributed by atoms with Gasteiger partial charge in [-0.15, -0.1) is 0 Å². The van der Waals surface area contributed by atoms with E-state index in [-0.39, 0.29) is 17.5 Å². The molecular formula is C16H23ClFNO. The lowest BCUT2D eigenvalue weighted by atomic mass is 9.73. The second-order valence-electron chi connectivity index (χ2n) is 5.98. The zero-order valence-corrected chi connectivity index (χ0v) is 12.9. The Hall–Kier alpha value is -0.640. The largest absolute Gasteiger partial charge is 0.377 e. The van der Waals surface area contributed by atoms with Gasteiger partial charge >= 0.3 is 0 Å². The number of benzene rings is 1. The first kappa shape index (κ1) is 15.7. The van der Waals surface area contributed by atoms with E-state index in [9.17, 15) is 4.39 Å². The number of hydrogen-bond acceptors (Lipinski definition) is 2. The van der Waals surface area contributed by atoms with Crippen LogP contribution < -0.4 is 5.73 Å². The monoisotopic (exact) mass is 299 g/mol. The molecule has 0 saturated heterocycles. The average Bonchev–Trinajstić information content (AvgIpc) is 2.42. The molecule has 2 nitrogen and oxygen atoms in total. The van der Waals surface area contributed by atoms with Crippen LogP contribution in [0, 0.1) is 11.7 Å². The molecule has 4 heteroatoms. The lowest BCUT2D eigenvalue weighted by Crippen LogP contribution is -2.53. The number of halogens is 2. The van der Waals surface area contributed by atoms with Crippen LogP contribution in [0.2, 0.25) is 5.02 Å². The molecule has 2 rings (SSSR count). The Morgan fingerprint density at radius 2 is 2.30 bits per heavy atom. The summed E-state index contributed by atoms with van der Waals surface area (Å²) in [6.45, 7) is 2.22. The number of nitrogens with two attached hydrogens (primary N) is 1. The Bertz CT molecular complexity index is 448. The number of ether oxygens (including phenoxy) is 1. The van der Waals surface area contributed by atoms with Crippen LogP contribution >= 0.6 is 11.6 Å². The molecule has 3 atom stereocenters. The molecule has 0 amide bonds. The maximum absolute atomic E-state index is 13.9. The van der Waals surface area contributed by atoms with Crippen LogP contribution in [0.5, 0.6) is 0 Å². The summed E-state index contributed by atoms with van der Waals surface area (Å²) in [7, 11) is 1.71. The van der Waals surface area contributed by atoms with E-state index in [1.54, 1.807) is 19.2 Å². The third kappa shape index (κ3) is 3.16. The molecule has 1 fully saturated rings. The lowest BCUT2D eigenvalue weighted by molar-refractivity contribution is -0.0706. The minimum atomic E-state index is -0.358. The first-order chi connectivity index (χ1) is 9.48. The zero-order chi connectivity index (χ0) is 14.8. The van der Waals surface area contributed by atoms with Gasteiger partial charge in [-0.3, -0.25) is 0 Å². The van der Waals surface area contributed by atoms with Crippen LogP contribution in [-0.4, -0.2) is 18.8 Å². The highest BCUT2D eigenvalue weighted by atomic mass is 35.5. The van der Waals surface area contributed by atoms with Crippen molar-refractivity contribution in [1.82, 2.24) is 0 Å². The number of methoxy groups -OCH3 is 1. The normalized spacial score (nSPS) is 28.4. The van der Waals surface area contributed by atoms with Crippen LogP contribution in [0.1, 0.15) is 38.2 Å². The van der Waals surface area contributed by atoms with Gasteiger partial charge in [0.2, 0.25) is 0 Å². The molecule has 0 bridgehead atoms. The molecule has 0 aliphatic heterocycles. The molecule has 0 aromatic heterocycles. The highest BCUT2D eigenvalue weighted by Crippen LogP contribution is 2.38. The van der Waals surface area contributed by atoms with Crippen molar-refractivity contribution in [1.29, 1.82) is 0 Å². The summed E-state index contributed by atoms with van der Waals surface area (Å²) < 4.78 is 19.7. The molecule has 0 radical (unpaired) electrons. The smallest absolute Gasteiger partial charge is 0.127 e. The van der Waals surface area contributed by atoms with Gasteiger partial charge in [0.05, 0.1) is 5.60 Å². The van der Waals surface area contributed by atoms with Gasteiger partial charge in [-0.05, 0) is 37.3 Å². The van der Waals surface area contributed by atoms with E-state index in [0.717, 1.165) is 19.3 Å². The van der Waals surface area contributed by atoms with Crippen molar-refractivity contribution in [3.05, 3.63) is 34.6 Å². The molecule has 1 aliphatic carbocycles. The van der Waals surface area contributed by atoms with Crippen molar-refractivity contribution in [2.45, 2.75) is 50.7 Å². The molecular weight excluding hydrogens is 277 g/mol.